The third-order valence-corrected chi connectivity index (χ3v) is 7.03. The van der Waals surface area contributed by atoms with Gasteiger partial charge in [-0.2, -0.15) is 0 Å². The Morgan fingerprint density at radius 2 is 1.77 bits per heavy atom. The van der Waals surface area contributed by atoms with Crippen LogP contribution >= 0.6 is 0 Å². The first-order chi connectivity index (χ1) is 16.3. The molecule has 0 unspecified atom stereocenters. The smallest absolute Gasteiger partial charge is 0.338 e. The van der Waals surface area contributed by atoms with Gasteiger partial charge in [-0.3, -0.25) is 4.72 Å². The number of rotatable bonds is 9. The molecular weight excluding hydrogens is 462 g/mol. The van der Waals surface area contributed by atoms with Gasteiger partial charge in [0.1, 0.15) is 11.4 Å². The number of anilines is 1. The van der Waals surface area contributed by atoms with Gasteiger partial charge in [-0.25, -0.2) is 13.2 Å². The molecule has 7 heteroatoms. The van der Waals surface area contributed by atoms with Crippen LogP contribution in [-0.2, 0) is 26.0 Å². The van der Waals surface area contributed by atoms with E-state index in [2.05, 4.69) is 16.9 Å². The number of carbonyl (C=O) groups excluding carboxylic acids is 1. The van der Waals surface area contributed by atoms with Crippen LogP contribution in [0.3, 0.4) is 0 Å². The third kappa shape index (κ3) is 6.88. The number of hydrogen-bond acceptors (Lipinski definition) is 5. The highest BCUT2D eigenvalue weighted by Crippen LogP contribution is 2.47. The number of aryl methyl sites for hydroxylation is 1. The molecule has 190 valence electrons. The predicted molar refractivity (Wildman–Crippen MR) is 140 cm³/mol. The van der Waals surface area contributed by atoms with Crippen LogP contribution in [0.2, 0.25) is 0 Å². The van der Waals surface area contributed by atoms with Crippen molar-refractivity contribution >= 4 is 21.7 Å². The number of ether oxygens (including phenoxy) is 1. The highest BCUT2D eigenvalue weighted by atomic mass is 32.2. The van der Waals surface area contributed by atoms with Gasteiger partial charge in [0.25, 0.3) is 0 Å². The van der Waals surface area contributed by atoms with E-state index in [1.807, 2.05) is 52.0 Å². The Bertz CT molecular complexity index is 1180. The molecule has 0 saturated heterocycles. The van der Waals surface area contributed by atoms with E-state index < -0.39 is 32.9 Å². The van der Waals surface area contributed by atoms with Gasteiger partial charge >= 0.3 is 5.97 Å². The van der Waals surface area contributed by atoms with Crippen molar-refractivity contribution in [3.05, 3.63) is 77.1 Å². The lowest BCUT2D eigenvalue weighted by atomic mass is 9.70. The molecule has 2 aromatic rings. The molecule has 6 nitrogen and oxygen atoms in total. The van der Waals surface area contributed by atoms with Crippen molar-refractivity contribution in [1.29, 1.82) is 0 Å². The van der Waals surface area contributed by atoms with E-state index in [1.54, 1.807) is 18.2 Å². The molecule has 2 atom stereocenters. The van der Waals surface area contributed by atoms with Crippen molar-refractivity contribution < 1.29 is 23.1 Å². The maximum absolute atomic E-state index is 13.5. The van der Waals surface area contributed by atoms with Gasteiger partial charge in [0.15, 0.2) is 0 Å². The van der Waals surface area contributed by atoms with Crippen molar-refractivity contribution in [2.75, 3.05) is 11.0 Å². The first-order valence-corrected chi connectivity index (χ1v) is 14.0. The number of aliphatic hydroxyl groups is 1. The standard InChI is InChI=1S/C28H37NO5S/c1-6-16-28(17-15-20-11-8-7-9-12-20)19-23(30)24(26(31)34-28)25(27(2,3)4)21-13-10-14-22(18-21)29-35(5,32)33/h7-14,18,25,29-30H,6,15-17,19H2,1-5H3/t25-,28-/m0/s1. The van der Waals surface area contributed by atoms with E-state index in [1.165, 1.54) is 0 Å². The molecule has 0 radical (unpaired) electrons. The first-order valence-electron chi connectivity index (χ1n) is 12.1. The summed E-state index contributed by atoms with van der Waals surface area (Å²) in [7, 11) is -3.46. The molecule has 1 aliphatic heterocycles. The Hall–Kier alpha value is -2.80. The average molecular weight is 500 g/mol. The third-order valence-electron chi connectivity index (χ3n) is 6.43. The lowest BCUT2D eigenvalue weighted by Gasteiger charge is -2.41. The number of aliphatic hydroxyl groups excluding tert-OH is 1. The minimum absolute atomic E-state index is 0.0594. The van der Waals surface area contributed by atoms with E-state index in [4.69, 9.17) is 4.74 Å². The zero-order valence-corrected chi connectivity index (χ0v) is 22.1. The molecule has 35 heavy (non-hydrogen) atoms. The quantitative estimate of drug-likeness (QED) is 0.406. The highest BCUT2D eigenvalue weighted by molar-refractivity contribution is 7.92. The summed E-state index contributed by atoms with van der Waals surface area (Å²) in [5.74, 6) is -0.925. The molecule has 0 bridgehead atoms. The molecule has 2 N–H and O–H groups in total. The Labute approximate surface area is 209 Å². The maximum Gasteiger partial charge on any atom is 0.338 e. The van der Waals surface area contributed by atoms with Crippen molar-refractivity contribution in [2.45, 2.75) is 71.3 Å². The Balaban J connectivity index is 1.98. The number of cyclic esters (lactones) is 1. The molecule has 1 aliphatic rings. The molecule has 2 aromatic carbocycles. The number of nitrogens with one attached hydrogen (secondary N) is 1. The van der Waals surface area contributed by atoms with Gasteiger partial charge in [-0.15, -0.1) is 0 Å². The monoisotopic (exact) mass is 499 g/mol. The second-order valence-electron chi connectivity index (χ2n) is 10.6. The molecule has 0 saturated carbocycles. The Kier molecular flexibility index (Phi) is 8.00. The lowest BCUT2D eigenvalue weighted by molar-refractivity contribution is -0.161. The number of carbonyl (C=O) groups is 1. The molecule has 1 heterocycles. The summed E-state index contributed by atoms with van der Waals surface area (Å²) in [6.07, 6.45) is 4.23. The zero-order valence-electron chi connectivity index (χ0n) is 21.3. The molecule has 0 amide bonds. The van der Waals surface area contributed by atoms with Gasteiger partial charge in [-0.05, 0) is 47.9 Å². The molecule has 0 spiro atoms. The summed E-state index contributed by atoms with van der Waals surface area (Å²) in [5, 5.41) is 11.3. The second-order valence-corrected chi connectivity index (χ2v) is 12.4. The van der Waals surface area contributed by atoms with Crippen molar-refractivity contribution in [3.63, 3.8) is 0 Å². The number of esters is 1. The number of hydrogen-bond donors (Lipinski definition) is 2. The maximum atomic E-state index is 13.5. The van der Waals surface area contributed by atoms with Gasteiger partial charge in [0.2, 0.25) is 10.0 Å². The van der Waals surface area contributed by atoms with E-state index in [0.717, 1.165) is 30.2 Å². The Morgan fingerprint density at radius 3 is 2.34 bits per heavy atom. The average Bonchev–Trinajstić information content (AvgIpc) is 2.74. The lowest BCUT2D eigenvalue weighted by Crippen LogP contribution is -2.43. The first kappa shape index (κ1) is 26.8. The fourth-order valence-corrected chi connectivity index (χ4v) is 5.62. The summed E-state index contributed by atoms with van der Waals surface area (Å²) < 4.78 is 32.1. The second kappa shape index (κ2) is 10.4. The van der Waals surface area contributed by atoms with Gasteiger partial charge in [0.05, 0.1) is 11.8 Å². The van der Waals surface area contributed by atoms with E-state index >= 15 is 0 Å². The van der Waals surface area contributed by atoms with Crippen LogP contribution in [0.4, 0.5) is 5.69 Å². The number of benzene rings is 2. The van der Waals surface area contributed by atoms with Gasteiger partial charge < -0.3 is 9.84 Å². The van der Waals surface area contributed by atoms with Crippen molar-refractivity contribution in [2.24, 2.45) is 5.41 Å². The SMILES string of the molecule is CCC[C@]1(CCc2ccccc2)CC(O)=C([C@H](c2cccc(NS(C)(=O)=O)c2)C(C)(C)C)C(=O)O1. The molecule has 0 aliphatic carbocycles. The summed E-state index contributed by atoms with van der Waals surface area (Å²) >= 11 is 0. The van der Waals surface area contributed by atoms with Crippen LogP contribution in [0.1, 0.15) is 70.4 Å². The van der Waals surface area contributed by atoms with Crippen LogP contribution in [0.25, 0.3) is 0 Å². The molecule has 3 rings (SSSR count). The van der Waals surface area contributed by atoms with E-state index in [9.17, 15) is 18.3 Å². The predicted octanol–water partition coefficient (Wildman–Crippen LogP) is 6.12. The zero-order chi connectivity index (χ0) is 25.9. The van der Waals surface area contributed by atoms with Crippen LogP contribution in [-0.4, -0.2) is 31.4 Å². The van der Waals surface area contributed by atoms with Crippen LogP contribution in [0.15, 0.2) is 65.9 Å². The molecular formula is C28H37NO5S. The normalized spacial score (nSPS) is 19.9. The molecule has 0 aromatic heterocycles. The van der Waals surface area contributed by atoms with E-state index in [-0.39, 0.29) is 17.8 Å². The summed E-state index contributed by atoms with van der Waals surface area (Å²) in [4.78, 5) is 13.5. The summed E-state index contributed by atoms with van der Waals surface area (Å²) in [5.41, 5.74) is 1.36. The van der Waals surface area contributed by atoms with E-state index in [0.29, 0.717) is 18.5 Å². The summed E-state index contributed by atoms with van der Waals surface area (Å²) in [6.45, 7) is 8.02. The largest absolute Gasteiger partial charge is 0.512 e. The number of sulfonamides is 1. The highest BCUT2D eigenvalue weighted by Gasteiger charge is 2.45. The van der Waals surface area contributed by atoms with Crippen molar-refractivity contribution in [3.8, 4) is 0 Å². The fraction of sp³-hybridized carbons (Fsp3) is 0.464. The van der Waals surface area contributed by atoms with Gasteiger partial charge in [-0.1, -0.05) is 76.6 Å². The van der Waals surface area contributed by atoms with Crippen LogP contribution in [0, 0.1) is 5.41 Å². The summed E-state index contributed by atoms with van der Waals surface area (Å²) in [6, 6.07) is 17.0. The van der Waals surface area contributed by atoms with Crippen LogP contribution < -0.4 is 4.72 Å². The topological polar surface area (TPSA) is 92.7 Å². The van der Waals surface area contributed by atoms with Crippen molar-refractivity contribution in [1.82, 2.24) is 0 Å². The minimum atomic E-state index is -3.46. The van der Waals surface area contributed by atoms with Gasteiger partial charge in [0, 0.05) is 18.0 Å². The molecule has 0 fully saturated rings. The Morgan fingerprint density at radius 1 is 1.09 bits per heavy atom. The fourth-order valence-electron chi connectivity index (χ4n) is 5.06. The minimum Gasteiger partial charge on any atom is -0.512 e. The van der Waals surface area contributed by atoms with Crippen LogP contribution in [0.5, 0.6) is 0 Å².